The number of hydrogen-bond donors (Lipinski definition) is 1. The maximum absolute atomic E-state index is 14.0. The Hall–Kier alpha value is -5.52. The molecule has 268 valence electrons. The van der Waals surface area contributed by atoms with Crippen LogP contribution in [-0.2, 0) is 30.2 Å². The quantitative estimate of drug-likeness (QED) is 0.148. The molecule has 1 saturated heterocycles. The number of benzene rings is 3. The molecule has 1 fully saturated rings. The van der Waals surface area contributed by atoms with Gasteiger partial charge in [-0.3, -0.25) is 37.8 Å². The van der Waals surface area contributed by atoms with Gasteiger partial charge in [0.1, 0.15) is 6.54 Å². The van der Waals surface area contributed by atoms with E-state index >= 15 is 0 Å². The number of nitrogens with zero attached hydrogens (tertiary/aromatic N) is 5. The number of aryl methyl sites for hydroxylation is 1. The number of carbonyl (C=O) groups excluding carboxylic acids is 3. The van der Waals surface area contributed by atoms with Crippen LogP contribution in [0.3, 0.4) is 0 Å². The Morgan fingerprint density at radius 1 is 0.962 bits per heavy atom. The first-order valence-corrected chi connectivity index (χ1v) is 16.4. The Bertz CT molecular complexity index is 2500. The summed E-state index contributed by atoms with van der Waals surface area (Å²) in [5, 5.41) is 1.92. The predicted molar refractivity (Wildman–Crippen MR) is 186 cm³/mol. The number of methoxy groups -OCH3 is 1. The number of ether oxygens (including phenoxy) is 2. The number of thioether (sulfide) groups is 1. The molecule has 0 bridgehead atoms. The van der Waals surface area contributed by atoms with Gasteiger partial charge in [-0.15, -0.1) is 0 Å². The number of imidazole rings is 1. The zero-order valence-corrected chi connectivity index (χ0v) is 29.3. The van der Waals surface area contributed by atoms with Gasteiger partial charge in [-0.1, -0.05) is 35.3 Å². The van der Waals surface area contributed by atoms with Crippen LogP contribution < -0.4 is 26.0 Å². The summed E-state index contributed by atoms with van der Waals surface area (Å²) in [7, 11) is 4.14. The lowest BCUT2D eigenvalue weighted by Crippen LogP contribution is -2.37. The molecule has 3 amide bonds. The molecule has 2 aromatic heterocycles. The maximum atomic E-state index is 14.0. The van der Waals surface area contributed by atoms with Crippen LogP contribution in [0.5, 0.6) is 17.5 Å². The van der Waals surface area contributed by atoms with Crippen molar-refractivity contribution in [2.75, 3.05) is 19.0 Å². The second-order valence-corrected chi connectivity index (χ2v) is 13.0. The van der Waals surface area contributed by atoms with E-state index in [2.05, 4.69) is 4.98 Å². The second kappa shape index (κ2) is 14.2. The number of hydrogen-bond acceptors (Lipinski definition) is 9. The molecule has 0 radical (unpaired) electrons. The van der Waals surface area contributed by atoms with E-state index in [0.717, 1.165) is 10.6 Å². The van der Waals surface area contributed by atoms with Crippen molar-refractivity contribution in [3.8, 4) is 17.5 Å². The number of carbonyl (C=O) groups is 3. The highest BCUT2D eigenvalue weighted by Crippen LogP contribution is 2.37. The lowest BCUT2D eigenvalue weighted by Gasteiger charge is -2.14. The summed E-state index contributed by atoms with van der Waals surface area (Å²) < 4.78 is 56.1. The first kappa shape index (κ1) is 36.3. The Morgan fingerprint density at radius 2 is 1.71 bits per heavy atom. The molecule has 1 N–H and O–H groups in total. The van der Waals surface area contributed by atoms with Crippen LogP contribution >= 0.6 is 35.0 Å². The molecule has 3 aromatic carbocycles. The van der Waals surface area contributed by atoms with Crippen molar-refractivity contribution >= 4 is 74.9 Å². The molecule has 6 rings (SSSR count). The average molecular weight is 776 g/mol. The summed E-state index contributed by atoms with van der Waals surface area (Å²) in [6, 6.07) is 10.6. The third-order valence-corrected chi connectivity index (χ3v) is 9.32. The van der Waals surface area contributed by atoms with Crippen molar-refractivity contribution in [3.05, 3.63) is 113 Å². The summed E-state index contributed by atoms with van der Waals surface area (Å²) in [6.07, 6.45) is 1.36. The molecule has 0 aliphatic carbocycles. The number of nitrogens with one attached hydrogen (secondary N) is 1. The minimum Gasteiger partial charge on any atom is -0.493 e. The van der Waals surface area contributed by atoms with Crippen molar-refractivity contribution in [2.24, 2.45) is 14.1 Å². The highest BCUT2D eigenvalue weighted by molar-refractivity contribution is 8.18. The van der Waals surface area contributed by atoms with E-state index in [1.165, 1.54) is 60.7 Å². The van der Waals surface area contributed by atoms with Gasteiger partial charge < -0.3 is 14.8 Å². The molecule has 0 unspecified atom stereocenters. The SMILES string of the molecule is COc1cc(/C=C2\SC(=O)N(CC(=O)Nc3ccc(F)c(F)c3F)C2=O)ccc1Oc1nc2c(c(=O)n(C)c(=O)n2C)n1Cc1ccc(Cl)cc1Cl. The molecule has 1 aliphatic rings. The normalized spacial score (nSPS) is 13.8. The maximum Gasteiger partial charge on any atom is 0.332 e. The zero-order chi connectivity index (χ0) is 37.6. The molecule has 19 heteroatoms. The minimum atomic E-state index is -1.79. The molecule has 3 heterocycles. The number of aromatic nitrogens is 4. The lowest BCUT2D eigenvalue weighted by molar-refractivity contribution is -0.127. The van der Waals surface area contributed by atoms with Crippen LogP contribution in [0.15, 0.2) is 63.0 Å². The summed E-state index contributed by atoms with van der Waals surface area (Å²) >= 11 is 13.1. The highest BCUT2D eigenvalue weighted by atomic mass is 35.5. The monoisotopic (exact) mass is 774 g/mol. The van der Waals surface area contributed by atoms with Crippen LogP contribution in [0.2, 0.25) is 10.0 Å². The van der Waals surface area contributed by atoms with Crippen molar-refractivity contribution in [2.45, 2.75) is 6.54 Å². The lowest BCUT2D eigenvalue weighted by atomic mass is 10.2. The second-order valence-electron chi connectivity index (χ2n) is 11.1. The predicted octanol–water partition coefficient (Wildman–Crippen LogP) is 5.68. The van der Waals surface area contributed by atoms with Crippen molar-refractivity contribution in [1.82, 2.24) is 23.6 Å². The first-order valence-electron chi connectivity index (χ1n) is 14.8. The number of anilines is 1. The number of halogens is 5. The smallest absolute Gasteiger partial charge is 0.332 e. The van der Waals surface area contributed by atoms with Gasteiger partial charge in [0.25, 0.3) is 16.7 Å². The van der Waals surface area contributed by atoms with Gasteiger partial charge in [0.2, 0.25) is 5.91 Å². The standard InChI is InChI=1S/C33H23Cl2F3N6O7S/c1-41-28-27(30(47)42(2)32(41)48)43(13-16-5-6-17(34)12-18(16)35)31(40-28)51-21-9-4-15(10-22(21)50-3)11-23-29(46)44(33(49)52-23)14-24(45)39-20-8-7-19(36)25(37)26(20)38/h4-12H,13-14H2,1-3H3,(H,39,45)/b23-11-. The van der Waals surface area contributed by atoms with Gasteiger partial charge in [0, 0.05) is 24.1 Å². The van der Waals surface area contributed by atoms with E-state index in [9.17, 15) is 37.1 Å². The Morgan fingerprint density at radius 3 is 2.42 bits per heavy atom. The third-order valence-electron chi connectivity index (χ3n) is 7.83. The summed E-state index contributed by atoms with van der Waals surface area (Å²) in [5.74, 6) is -6.49. The van der Waals surface area contributed by atoms with Gasteiger partial charge >= 0.3 is 11.7 Å². The van der Waals surface area contributed by atoms with Crippen LogP contribution in [0.4, 0.5) is 23.7 Å². The minimum absolute atomic E-state index is 0.000606. The molecular weight excluding hydrogens is 752 g/mol. The molecule has 5 aromatic rings. The van der Waals surface area contributed by atoms with E-state index < -0.39 is 58.0 Å². The van der Waals surface area contributed by atoms with Crippen LogP contribution in [0.1, 0.15) is 11.1 Å². The number of amides is 3. The fraction of sp³-hybridized carbons (Fsp3) is 0.152. The van der Waals surface area contributed by atoms with E-state index in [1.807, 2.05) is 5.32 Å². The van der Waals surface area contributed by atoms with Crippen LogP contribution in [-0.4, -0.2) is 54.3 Å². The van der Waals surface area contributed by atoms with Gasteiger partial charge in [0.05, 0.1) is 24.2 Å². The van der Waals surface area contributed by atoms with Gasteiger partial charge in [-0.2, -0.15) is 4.98 Å². The van der Waals surface area contributed by atoms with E-state index in [1.54, 1.807) is 12.1 Å². The summed E-state index contributed by atoms with van der Waals surface area (Å²) in [4.78, 5) is 69.2. The van der Waals surface area contributed by atoms with E-state index in [-0.39, 0.29) is 40.1 Å². The molecule has 0 spiro atoms. The molecule has 0 saturated carbocycles. The molecule has 1 aliphatic heterocycles. The van der Waals surface area contributed by atoms with Crippen molar-refractivity contribution in [3.63, 3.8) is 0 Å². The molecule has 13 nitrogen and oxygen atoms in total. The van der Waals surface area contributed by atoms with Crippen molar-refractivity contribution in [1.29, 1.82) is 0 Å². The van der Waals surface area contributed by atoms with Crippen molar-refractivity contribution < 1.29 is 37.0 Å². The fourth-order valence-electron chi connectivity index (χ4n) is 5.17. The van der Waals surface area contributed by atoms with Crippen LogP contribution in [0.25, 0.3) is 17.2 Å². The van der Waals surface area contributed by atoms with Gasteiger partial charge in [0.15, 0.2) is 40.1 Å². The molecule has 52 heavy (non-hydrogen) atoms. The van der Waals surface area contributed by atoms with Crippen LogP contribution in [0, 0.1) is 17.5 Å². The van der Waals surface area contributed by atoms with Gasteiger partial charge in [-0.05, 0) is 65.4 Å². The van der Waals surface area contributed by atoms with E-state index in [0.29, 0.717) is 43.9 Å². The topological polar surface area (TPSA) is 147 Å². The summed E-state index contributed by atoms with van der Waals surface area (Å²) in [6.45, 7) is -0.827. The number of imide groups is 1. The van der Waals surface area contributed by atoms with Gasteiger partial charge in [-0.25, -0.2) is 18.0 Å². The Balaban J connectivity index is 1.28. The van der Waals surface area contributed by atoms with E-state index in [4.69, 9.17) is 32.7 Å². The Labute approximate surface area is 304 Å². The average Bonchev–Trinajstić information content (AvgIpc) is 3.59. The highest BCUT2D eigenvalue weighted by Gasteiger charge is 2.36. The largest absolute Gasteiger partial charge is 0.493 e. The Kier molecular flexibility index (Phi) is 9.94. The zero-order valence-electron chi connectivity index (χ0n) is 27.0. The fourth-order valence-corrected chi connectivity index (χ4v) is 6.48. The number of fused-ring (bicyclic) bond motifs is 1. The summed E-state index contributed by atoms with van der Waals surface area (Å²) in [5.41, 5.74) is -0.865. The number of rotatable bonds is 9. The third kappa shape index (κ3) is 6.77. The first-order chi connectivity index (χ1) is 24.7. The molecule has 0 atom stereocenters. The molecular formula is C33H23Cl2F3N6O7S.